The molecular formula is C28H31F2N5O4S. The first-order valence-corrected chi connectivity index (χ1v) is 14.3. The second-order valence-corrected chi connectivity index (χ2v) is 11.1. The van der Waals surface area contributed by atoms with E-state index in [-0.39, 0.29) is 33.3 Å². The van der Waals surface area contributed by atoms with Gasteiger partial charge in [-0.2, -0.15) is 0 Å². The van der Waals surface area contributed by atoms with Gasteiger partial charge in [-0.1, -0.05) is 13.8 Å². The van der Waals surface area contributed by atoms with Crippen molar-refractivity contribution in [1.29, 1.82) is 0 Å². The van der Waals surface area contributed by atoms with Crippen molar-refractivity contribution in [2.45, 2.75) is 25.7 Å². The van der Waals surface area contributed by atoms with Gasteiger partial charge in [0, 0.05) is 41.8 Å². The summed E-state index contributed by atoms with van der Waals surface area (Å²) in [5, 5.41) is 5.58. The van der Waals surface area contributed by atoms with E-state index >= 15 is 0 Å². The van der Waals surface area contributed by atoms with Crippen LogP contribution in [0.25, 0.3) is 17.3 Å². The van der Waals surface area contributed by atoms with Crippen molar-refractivity contribution < 1.29 is 26.8 Å². The smallest absolute Gasteiger partial charge is 0.256 e. The first-order chi connectivity index (χ1) is 19.0. The standard InChI is InChI=1S/C28H31F2N5O4S/c1-5-34(6-2)12-11-32-27(36)21-14-19(35(17(21)3)26-10-7-18(29)13-24(26)30)15-23-22-16-20(40(38,39)31-4)8-9-25(22)33-28(23)37/h7-10,13-16,31H,5-6,11-12H2,1-4H3,(H,32,36)(H,33,37). The predicted octanol–water partition coefficient (Wildman–Crippen LogP) is 3.54. The van der Waals surface area contributed by atoms with Gasteiger partial charge < -0.3 is 20.1 Å². The minimum atomic E-state index is -3.79. The molecule has 9 nitrogen and oxygen atoms in total. The molecule has 2 amide bonds. The Morgan fingerprint density at radius 2 is 1.82 bits per heavy atom. The Bertz CT molecular complexity index is 1610. The maximum Gasteiger partial charge on any atom is 0.256 e. The summed E-state index contributed by atoms with van der Waals surface area (Å²) in [4.78, 5) is 28.2. The second-order valence-electron chi connectivity index (χ2n) is 9.21. The lowest BCUT2D eigenvalue weighted by molar-refractivity contribution is -0.110. The van der Waals surface area contributed by atoms with Crippen LogP contribution in [-0.4, -0.2) is 62.9 Å². The number of carbonyl (C=O) groups is 2. The molecule has 1 aliphatic heterocycles. The average molecular weight is 572 g/mol. The maximum absolute atomic E-state index is 15.0. The number of aromatic nitrogens is 1. The number of nitrogens with zero attached hydrogens (tertiary/aromatic N) is 2. The van der Waals surface area contributed by atoms with Crippen molar-refractivity contribution >= 4 is 39.2 Å². The molecule has 0 bridgehead atoms. The fourth-order valence-electron chi connectivity index (χ4n) is 4.66. The van der Waals surface area contributed by atoms with Gasteiger partial charge in [-0.15, -0.1) is 0 Å². The van der Waals surface area contributed by atoms with Gasteiger partial charge in [0.05, 0.1) is 21.7 Å². The van der Waals surface area contributed by atoms with Gasteiger partial charge in [-0.25, -0.2) is 21.9 Å². The molecule has 2 heterocycles. The molecular weight excluding hydrogens is 540 g/mol. The fraction of sp³-hybridized carbons (Fsp3) is 0.286. The molecule has 212 valence electrons. The van der Waals surface area contributed by atoms with Crippen molar-refractivity contribution in [3.8, 4) is 5.69 Å². The van der Waals surface area contributed by atoms with Crippen LogP contribution < -0.4 is 15.4 Å². The Morgan fingerprint density at radius 3 is 2.48 bits per heavy atom. The van der Waals surface area contributed by atoms with Gasteiger partial charge in [0.25, 0.3) is 11.8 Å². The molecule has 1 aliphatic rings. The van der Waals surface area contributed by atoms with E-state index in [2.05, 4.69) is 20.3 Å². The van der Waals surface area contributed by atoms with Gasteiger partial charge in [0.15, 0.2) is 0 Å². The Morgan fingerprint density at radius 1 is 1.10 bits per heavy atom. The highest BCUT2D eigenvalue weighted by atomic mass is 32.2. The van der Waals surface area contributed by atoms with Gasteiger partial charge in [-0.05, 0) is 69.5 Å². The number of amides is 2. The largest absolute Gasteiger partial charge is 0.351 e. The van der Waals surface area contributed by atoms with E-state index in [0.717, 1.165) is 25.2 Å². The number of fused-ring (bicyclic) bond motifs is 1. The van der Waals surface area contributed by atoms with Gasteiger partial charge >= 0.3 is 0 Å². The summed E-state index contributed by atoms with van der Waals surface area (Å²) in [5.74, 6) is -2.50. The number of hydrogen-bond acceptors (Lipinski definition) is 5. The number of carbonyl (C=O) groups excluding carboxylic acids is 2. The van der Waals surface area contributed by atoms with Crippen LogP contribution in [0.3, 0.4) is 0 Å². The zero-order valence-electron chi connectivity index (χ0n) is 22.6. The Labute approximate surface area is 231 Å². The molecule has 0 saturated heterocycles. The van der Waals surface area contributed by atoms with Gasteiger partial charge in [-0.3, -0.25) is 9.59 Å². The number of hydrogen-bond donors (Lipinski definition) is 3. The van der Waals surface area contributed by atoms with Crippen molar-refractivity contribution in [3.63, 3.8) is 0 Å². The number of benzene rings is 2. The van der Waals surface area contributed by atoms with Crippen molar-refractivity contribution in [3.05, 3.63) is 76.6 Å². The number of sulfonamides is 1. The van der Waals surface area contributed by atoms with E-state index in [1.807, 2.05) is 13.8 Å². The van der Waals surface area contributed by atoms with Gasteiger partial charge in [0.1, 0.15) is 11.6 Å². The molecule has 0 aliphatic carbocycles. The summed E-state index contributed by atoms with van der Waals surface area (Å²) in [5.41, 5.74) is 1.75. The first-order valence-electron chi connectivity index (χ1n) is 12.8. The molecule has 0 radical (unpaired) electrons. The van der Waals surface area contributed by atoms with Gasteiger partial charge in [0.2, 0.25) is 10.0 Å². The lowest BCUT2D eigenvalue weighted by Crippen LogP contribution is -2.34. The van der Waals surface area contributed by atoms with E-state index in [9.17, 15) is 26.8 Å². The lowest BCUT2D eigenvalue weighted by atomic mass is 10.1. The number of rotatable bonds is 10. The van der Waals surface area contributed by atoms with Crippen LogP contribution >= 0.6 is 0 Å². The summed E-state index contributed by atoms with van der Waals surface area (Å²) in [6, 6.07) is 8.84. The fourth-order valence-corrected chi connectivity index (χ4v) is 5.41. The van der Waals surface area contributed by atoms with E-state index in [4.69, 9.17) is 0 Å². The molecule has 0 unspecified atom stereocenters. The minimum absolute atomic E-state index is 0.0157. The monoisotopic (exact) mass is 571 g/mol. The lowest BCUT2D eigenvalue weighted by Gasteiger charge is -2.18. The Hall–Kier alpha value is -3.87. The number of likely N-dealkylation sites (N-methyl/N-ethyl adjacent to an activating group) is 1. The zero-order chi connectivity index (χ0) is 29.2. The van der Waals surface area contributed by atoms with Crippen LogP contribution in [0.15, 0.2) is 47.4 Å². The molecule has 12 heteroatoms. The van der Waals surface area contributed by atoms with Crippen LogP contribution in [0.5, 0.6) is 0 Å². The highest BCUT2D eigenvalue weighted by Crippen LogP contribution is 2.36. The van der Waals surface area contributed by atoms with Crippen LogP contribution in [0.1, 0.15) is 41.2 Å². The second kappa shape index (κ2) is 11.7. The maximum atomic E-state index is 15.0. The van der Waals surface area contributed by atoms with Crippen molar-refractivity contribution in [1.82, 2.24) is 19.5 Å². The van der Waals surface area contributed by atoms with Crippen LogP contribution in [0, 0.1) is 18.6 Å². The SMILES string of the molecule is CCN(CC)CCNC(=O)c1cc(C=C2C(=O)Nc3ccc(S(=O)(=O)NC)cc32)n(-c2ccc(F)cc2F)c1C. The van der Waals surface area contributed by atoms with E-state index in [1.165, 1.54) is 48.0 Å². The summed E-state index contributed by atoms with van der Waals surface area (Å²) >= 11 is 0. The molecule has 40 heavy (non-hydrogen) atoms. The minimum Gasteiger partial charge on any atom is -0.351 e. The molecule has 4 rings (SSSR count). The summed E-state index contributed by atoms with van der Waals surface area (Å²) in [7, 11) is -2.51. The molecule has 3 N–H and O–H groups in total. The normalized spacial score (nSPS) is 14.1. The highest BCUT2D eigenvalue weighted by Gasteiger charge is 2.28. The van der Waals surface area contributed by atoms with Crippen LogP contribution in [0.2, 0.25) is 0 Å². The van der Waals surface area contributed by atoms with Crippen LogP contribution in [0.4, 0.5) is 14.5 Å². The third kappa shape index (κ3) is 5.69. The summed E-state index contributed by atoms with van der Waals surface area (Å²) in [6.45, 7) is 8.41. The van der Waals surface area contributed by atoms with E-state index in [0.29, 0.717) is 30.0 Å². The molecule has 1 aromatic heterocycles. The third-order valence-electron chi connectivity index (χ3n) is 6.92. The number of anilines is 1. The average Bonchev–Trinajstić information content (AvgIpc) is 3.42. The molecule has 2 aromatic carbocycles. The first kappa shape index (κ1) is 29.1. The van der Waals surface area contributed by atoms with Crippen molar-refractivity contribution in [2.75, 3.05) is 38.5 Å². The number of nitrogens with one attached hydrogen (secondary N) is 3. The molecule has 0 spiro atoms. The summed E-state index contributed by atoms with van der Waals surface area (Å²) < 4.78 is 57.2. The molecule has 0 fully saturated rings. The molecule has 3 aromatic rings. The highest BCUT2D eigenvalue weighted by molar-refractivity contribution is 7.89. The quantitative estimate of drug-likeness (QED) is 0.323. The molecule has 0 atom stereocenters. The summed E-state index contributed by atoms with van der Waals surface area (Å²) in [6.07, 6.45) is 1.46. The Balaban J connectivity index is 1.83. The van der Waals surface area contributed by atoms with E-state index in [1.54, 1.807) is 6.92 Å². The topological polar surface area (TPSA) is 113 Å². The van der Waals surface area contributed by atoms with Crippen LogP contribution in [-0.2, 0) is 14.8 Å². The van der Waals surface area contributed by atoms with E-state index < -0.39 is 27.6 Å². The predicted molar refractivity (Wildman–Crippen MR) is 150 cm³/mol. The van der Waals surface area contributed by atoms with Crippen molar-refractivity contribution in [2.24, 2.45) is 0 Å². The third-order valence-corrected chi connectivity index (χ3v) is 8.34. The number of halogens is 2. The Kier molecular flexibility index (Phi) is 8.52. The zero-order valence-corrected chi connectivity index (χ0v) is 23.5. The molecule has 0 saturated carbocycles.